The Morgan fingerprint density at radius 1 is 1.17 bits per heavy atom. The molecule has 1 saturated carbocycles. The van der Waals surface area contributed by atoms with Gasteiger partial charge in [0.2, 0.25) is 5.91 Å². The van der Waals surface area contributed by atoms with Crippen molar-refractivity contribution in [1.29, 1.82) is 0 Å². The average Bonchev–Trinajstić information content (AvgIpc) is 2.60. The molecule has 5 heteroatoms. The molecule has 1 fully saturated rings. The summed E-state index contributed by atoms with van der Waals surface area (Å²) in [6, 6.07) is 0.681. The molecule has 1 amide bonds. The van der Waals surface area contributed by atoms with Gasteiger partial charge in [0.25, 0.3) is 0 Å². The molecule has 0 aliphatic heterocycles. The lowest BCUT2D eigenvalue weighted by Gasteiger charge is -2.16. The van der Waals surface area contributed by atoms with Crippen molar-refractivity contribution < 1.29 is 4.79 Å². The number of amides is 1. The van der Waals surface area contributed by atoms with Crippen molar-refractivity contribution >= 4 is 30.1 Å². The molecule has 0 atom stereocenters. The highest BCUT2D eigenvalue weighted by Crippen LogP contribution is 2.16. The summed E-state index contributed by atoms with van der Waals surface area (Å²) in [5.41, 5.74) is 0. The second-order valence-corrected chi connectivity index (χ2v) is 5.72. The van der Waals surface area contributed by atoms with Crippen molar-refractivity contribution in [3.05, 3.63) is 0 Å². The number of thioether (sulfide) groups is 1. The summed E-state index contributed by atoms with van der Waals surface area (Å²) in [7, 11) is 0. The summed E-state index contributed by atoms with van der Waals surface area (Å²) in [6.07, 6.45) is 10.8. The van der Waals surface area contributed by atoms with Crippen LogP contribution in [0, 0.1) is 0 Å². The first-order valence-corrected chi connectivity index (χ1v) is 8.21. The zero-order valence-electron chi connectivity index (χ0n) is 11.4. The Balaban J connectivity index is 0.00000289. The van der Waals surface area contributed by atoms with E-state index in [9.17, 15) is 4.79 Å². The molecule has 2 N–H and O–H groups in total. The van der Waals surface area contributed by atoms with E-state index in [1.54, 1.807) is 11.8 Å². The molecule has 0 radical (unpaired) electrons. The van der Waals surface area contributed by atoms with Gasteiger partial charge in [0.1, 0.15) is 0 Å². The van der Waals surface area contributed by atoms with Gasteiger partial charge in [0.05, 0.1) is 0 Å². The number of carbonyl (C=O) groups excluding carboxylic acids is 1. The van der Waals surface area contributed by atoms with Gasteiger partial charge in [-0.25, -0.2) is 0 Å². The molecule has 0 aromatic rings. The van der Waals surface area contributed by atoms with Crippen molar-refractivity contribution in [2.24, 2.45) is 0 Å². The highest BCUT2D eigenvalue weighted by atomic mass is 35.5. The lowest BCUT2D eigenvalue weighted by Crippen LogP contribution is -2.36. The Hall–Kier alpha value is 0.0700. The second-order valence-electron chi connectivity index (χ2n) is 4.74. The van der Waals surface area contributed by atoms with Crippen LogP contribution in [0.25, 0.3) is 0 Å². The second kappa shape index (κ2) is 12.1. The summed E-state index contributed by atoms with van der Waals surface area (Å²) in [5.74, 6) is 1.10. The number of hydrogen-bond donors (Lipinski definition) is 2. The van der Waals surface area contributed by atoms with Gasteiger partial charge in [-0.1, -0.05) is 25.7 Å². The molecule has 3 nitrogen and oxygen atoms in total. The van der Waals surface area contributed by atoms with Gasteiger partial charge in [-0.2, -0.15) is 11.8 Å². The Bertz CT molecular complexity index is 209. The average molecular weight is 295 g/mol. The van der Waals surface area contributed by atoms with Gasteiger partial charge >= 0.3 is 0 Å². The molecule has 1 aliphatic carbocycles. The van der Waals surface area contributed by atoms with Gasteiger partial charge in [0, 0.05) is 31.3 Å². The third-order valence-corrected chi connectivity index (χ3v) is 3.88. The molecule has 18 heavy (non-hydrogen) atoms. The van der Waals surface area contributed by atoms with Crippen LogP contribution in [0.15, 0.2) is 0 Å². The molecule has 0 unspecified atom stereocenters. The molecule has 108 valence electrons. The molecular formula is C13H27ClN2OS. The maximum absolute atomic E-state index is 11.4. The molecule has 1 rings (SSSR count). The van der Waals surface area contributed by atoms with Crippen LogP contribution in [-0.4, -0.2) is 37.0 Å². The predicted molar refractivity (Wildman–Crippen MR) is 82.7 cm³/mol. The van der Waals surface area contributed by atoms with Crippen LogP contribution in [0.1, 0.15) is 44.9 Å². The minimum atomic E-state index is 0. The van der Waals surface area contributed by atoms with E-state index >= 15 is 0 Å². The first kappa shape index (κ1) is 18.1. The van der Waals surface area contributed by atoms with Crippen LogP contribution in [0.4, 0.5) is 0 Å². The first-order chi connectivity index (χ1) is 8.33. The monoisotopic (exact) mass is 294 g/mol. The lowest BCUT2D eigenvalue weighted by molar-refractivity contribution is -0.120. The van der Waals surface area contributed by atoms with Gasteiger partial charge in [-0.3, -0.25) is 4.79 Å². The summed E-state index contributed by atoms with van der Waals surface area (Å²) >= 11 is 1.72. The fourth-order valence-electron chi connectivity index (χ4n) is 2.24. The first-order valence-electron chi connectivity index (χ1n) is 6.82. The number of nitrogens with one attached hydrogen (secondary N) is 2. The number of halogens is 1. The lowest BCUT2D eigenvalue weighted by atomic mass is 10.1. The summed E-state index contributed by atoms with van der Waals surface area (Å²) in [5, 5.41) is 6.51. The van der Waals surface area contributed by atoms with Gasteiger partial charge in [-0.05, 0) is 19.1 Å². The van der Waals surface area contributed by atoms with E-state index in [0.717, 1.165) is 18.8 Å². The molecule has 0 spiro atoms. The minimum absolute atomic E-state index is 0. The number of carbonyl (C=O) groups is 1. The highest BCUT2D eigenvalue weighted by Gasteiger charge is 2.10. The Morgan fingerprint density at radius 3 is 2.44 bits per heavy atom. The van der Waals surface area contributed by atoms with Crippen molar-refractivity contribution in [2.45, 2.75) is 51.0 Å². The Labute approximate surface area is 122 Å². The van der Waals surface area contributed by atoms with Gasteiger partial charge in [-0.15, -0.1) is 12.4 Å². The summed E-state index contributed by atoms with van der Waals surface area (Å²) in [4.78, 5) is 11.4. The smallest absolute Gasteiger partial charge is 0.220 e. The molecular weight excluding hydrogens is 268 g/mol. The molecule has 0 bridgehead atoms. The number of rotatable bonds is 7. The Morgan fingerprint density at radius 2 is 1.83 bits per heavy atom. The van der Waals surface area contributed by atoms with Gasteiger partial charge < -0.3 is 10.6 Å². The fraction of sp³-hybridized carbons (Fsp3) is 0.923. The van der Waals surface area contributed by atoms with Crippen molar-refractivity contribution in [2.75, 3.05) is 25.1 Å². The summed E-state index contributed by atoms with van der Waals surface area (Å²) < 4.78 is 0. The zero-order valence-corrected chi connectivity index (χ0v) is 13.0. The third-order valence-electron chi connectivity index (χ3n) is 3.27. The molecule has 1 aliphatic rings. The van der Waals surface area contributed by atoms with Crippen LogP contribution >= 0.6 is 24.2 Å². The zero-order chi connectivity index (χ0) is 12.3. The van der Waals surface area contributed by atoms with Crippen LogP contribution in [0.3, 0.4) is 0 Å². The maximum Gasteiger partial charge on any atom is 0.220 e. The van der Waals surface area contributed by atoms with E-state index in [1.807, 2.05) is 6.26 Å². The molecule has 0 saturated heterocycles. The van der Waals surface area contributed by atoms with E-state index in [2.05, 4.69) is 10.6 Å². The van der Waals surface area contributed by atoms with E-state index in [4.69, 9.17) is 0 Å². The van der Waals surface area contributed by atoms with Crippen molar-refractivity contribution in [3.8, 4) is 0 Å². The van der Waals surface area contributed by atoms with E-state index in [1.165, 1.54) is 38.5 Å². The predicted octanol–water partition coefficient (Wildman–Crippen LogP) is 2.59. The number of hydrogen-bond acceptors (Lipinski definition) is 3. The van der Waals surface area contributed by atoms with Crippen LogP contribution in [0.2, 0.25) is 0 Å². The van der Waals surface area contributed by atoms with Crippen LogP contribution in [0.5, 0.6) is 0 Å². The van der Waals surface area contributed by atoms with E-state index in [0.29, 0.717) is 12.5 Å². The normalized spacial score (nSPS) is 16.7. The van der Waals surface area contributed by atoms with Crippen LogP contribution < -0.4 is 10.6 Å². The maximum atomic E-state index is 11.4. The van der Waals surface area contributed by atoms with Crippen molar-refractivity contribution in [3.63, 3.8) is 0 Å². The topological polar surface area (TPSA) is 41.1 Å². The standard InChI is InChI=1S/C13H26N2OS.ClH/c1-17-11-8-13(16)15-10-9-14-12-6-4-2-3-5-7-12;/h12,14H,2-11H2,1H3,(H,15,16);1H. The van der Waals surface area contributed by atoms with Crippen LogP contribution in [-0.2, 0) is 4.79 Å². The van der Waals surface area contributed by atoms with Crippen molar-refractivity contribution in [1.82, 2.24) is 10.6 Å². The highest BCUT2D eigenvalue weighted by molar-refractivity contribution is 7.98. The molecule has 0 heterocycles. The van der Waals surface area contributed by atoms with Gasteiger partial charge in [0.15, 0.2) is 0 Å². The largest absolute Gasteiger partial charge is 0.355 e. The SMILES string of the molecule is CSCCC(=O)NCCNC1CCCCCC1.Cl. The molecule has 0 aromatic carbocycles. The van der Waals surface area contributed by atoms with E-state index in [-0.39, 0.29) is 18.3 Å². The fourth-order valence-corrected chi connectivity index (χ4v) is 2.63. The molecule has 0 aromatic heterocycles. The Kier molecular flexibility index (Phi) is 12.2. The summed E-state index contributed by atoms with van der Waals surface area (Å²) in [6.45, 7) is 1.68. The third kappa shape index (κ3) is 9.06. The quantitative estimate of drug-likeness (QED) is 0.560. The minimum Gasteiger partial charge on any atom is -0.355 e. The van der Waals surface area contributed by atoms with E-state index < -0.39 is 0 Å².